The smallest absolute Gasteiger partial charge is 0.236 e. The number of oxazole rings is 2. The van der Waals surface area contributed by atoms with Crippen molar-refractivity contribution in [1.29, 1.82) is 5.26 Å². The van der Waals surface area contributed by atoms with Gasteiger partial charge in [-0.3, -0.25) is 4.72 Å². The molecule has 0 saturated heterocycles. The van der Waals surface area contributed by atoms with E-state index >= 15 is 0 Å². The van der Waals surface area contributed by atoms with E-state index in [9.17, 15) is 30.5 Å². The lowest BCUT2D eigenvalue weighted by Crippen LogP contribution is -2.20. The van der Waals surface area contributed by atoms with Crippen molar-refractivity contribution in [2.75, 3.05) is 53.9 Å². The molecule has 6 aromatic heterocycles. The predicted octanol–water partition coefficient (Wildman–Crippen LogP) is 15.5. The topological polar surface area (TPSA) is 316 Å². The number of nitrogens with one attached hydrogen (secondary N) is 3. The van der Waals surface area contributed by atoms with E-state index in [4.69, 9.17) is 85.8 Å². The van der Waals surface area contributed by atoms with E-state index in [1.165, 1.54) is 17.5 Å². The van der Waals surface area contributed by atoms with Gasteiger partial charge in [-0.15, -0.1) is 0 Å². The van der Waals surface area contributed by atoms with Crippen LogP contribution in [0.15, 0.2) is 123 Å². The van der Waals surface area contributed by atoms with Gasteiger partial charge in [0.1, 0.15) is 18.5 Å². The first-order chi connectivity index (χ1) is 44.9. The Balaban J connectivity index is 0.000000227. The average Bonchev–Trinajstić information content (AvgIpc) is 1.08. The maximum absolute atomic E-state index is 11.7. The molecular weight excluding hydrogens is 1420 g/mol. The molecular formula is C64H72Cl5N11O12S4. The molecule has 0 bridgehead atoms. The summed E-state index contributed by atoms with van der Waals surface area (Å²) in [6, 6.07) is 22.1. The van der Waals surface area contributed by atoms with Gasteiger partial charge in [-0.2, -0.15) is 5.26 Å². The number of sulfonamides is 1. The average molecular weight is 1490 g/mol. The van der Waals surface area contributed by atoms with Crippen molar-refractivity contribution in [3.05, 3.63) is 174 Å². The van der Waals surface area contributed by atoms with Crippen LogP contribution in [0.2, 0.25) is 25.1 Å². The zero-order valence-corrected chi connectivity index (χ0v) is 60.2. The van der Waals surface area contributed by atoms with E-state index in [2.05, 4.69) is 70.2 Å². The van der Waals surface area contributed by atoms with Gasteiger partial charge in [-0.1, -0.05) is 131 Å². The summed E-state index contributed by atoms with van der Waals surface area (Å²) in [7, 11) is -10.4. The summed E-state index contributed by atoms with van der Waals surface area (Å²) in [6.45, 7) is 16.0. The van der Waals surface area contributed by atoms with Crippen molar-refractivity contribution in [3.63, 3.8) is 0 Å². The van der Waals surface area contributed by atoms with Crippen LogP contribution in [-0.2, 0) is 60.2 Å². The molecule has 9 aromatic rings. The lowest BCUT2D eigenvalue weighted by molar-refractivity contribution is 0.310. The quantitative estimate of drug-likeness (QED) is 0.0431. The first kappa shape index (κ1) is 77.5. The summed E-state index contributed by atoms with van der Waals surface area (Å²) >= 11 is 33.4. The van der Waals surface area contributed by atoms with Crippen LogP contribution < -0.4 is 34.3 Å². The Labute approximate surface area is 588 Å². The van der Waals surface area contributed by atoms with Crippen LogP contribution in [0.25, 0.3) is 10.4 Å². The van der Waals surface area contributed by atoms with Gasteiger partial charge in [-0.05, 0) is 108 Å². The van der Waals surface area contributed by atoms with Crippen molar-refractivity contribution < 1.29 is 53.0 Å². The molecule has 6 heterocycles. The summed E-state index contributed by atoms with van der Waals surface area (Å²) in [4.78, 5) is 29.5. The first-order valence-electron chi connectivity index (χ1n) is 29.0. The molecule has 0 radical (unpaired) electrons. The second-order valence-electron chi connectivity index (χ2n) is 22.1. The zero-order valence-electron chi connectivity index (χ0n) is 53.2. The van der Waals surface area contributed by atoms with E-state index in [0.717, 1.165) is 83.5 Å². The lowest BCUT2D eigenvalue weighted by Gasteiger charge is -2.27. The molecule has 0 aliphatic carbocycles. The fourth-order valence-electron chi connectivity index (χ4n) is 8.72. The van der Waals surface area contributed by atoms with Crippen LogP contribution >= 0.6 is 69.3 Å². The Bertz CT molecular complexity index is 4280. The highest BCUT2D eigenvalue weighted by Gasteiger charge is 2.29. The van der Waals surface area contributed by atoms with Gasteiger partial charge in [0.05, 0.1) is 75.5 Å². The van der Waals surface area contributed by atoms with E-state index < -0.39 is 40.5 Å². The zero-order chi connectivity index (χ0) is 69.5. The molecule has 3 N–H and O–H groups in total. The minimum atomic E-state index is -3.48. The van der Waals surface area contributed by atoms with E-state index in [1.807, 2.05) is 77.1 Å². The van der Waals surface area contributed by atoms with Gasteiger partial charge in [-0.25, -0.2) is 60.1 Å². The maximum atomic E-state index is 11.7. The number of sulfone groups is 2. The van der Waals surface area contributed by atoms with Gasteiger partial charge in [0, 0.05) is 53.0 Å². The van der Waals surface area contributed by atoms with Crippen LogP contribution in [-0.4, -0.2) is 98.7 Å². The van der Waals surface area contributed by atoms with Crippen LogP contribution in [0.4, 0.5) is 17.7 Å². The third-order valence-corrected chi connectivity index (χ3v) is 18.9. The standard InChI is InChI=1S/C22H25Cl2N3O4S.C21H24Cl2N4O4S.C20H19ClN4O4S2.CH4/c1-5-8-30-20-16(23)9-15(10-17(20)24)22(2,3)14-6-7-19(25-11-14)26-12-18-21(27-13-31-18)32(4,28)29;1-5-6-30-18-15(22)7-13(8-16(18)23)21(2,3)14-9-24-20(25-10-14)26-11-17-19(27-12-31-17)32(4,28)29;1-3-8-28-19-14(11-22)9-13(10-16(19)21)17-4-5-18(30-17)29-12-15-6-7-23-20(24-15)25-31(2,26)27;/h6-7,9-11,13H,5,8,12H2,1-4H3,(H,25,26);7-10,12H,5-6,11H2,1-4H3,(H,24,25,26);4-7,9-10H,3,8,12H2,1-2H3,(H,23,24,25);1H4. The number of aromatic nitrogens is 7. The molecule has 0 aliphatic rings. The molecule has 0 aliphatic heterocycles. The number of thiophene rings is 1. The van der Waals surface area contributed by atoms with Gasteiger partial charge in [0.25, 0.3) is 0 Å². The monoisotopic (exact) mass is 1490 g/mol. The SMILES string of the molecule is C.CCCOc1c(Cl)cc(-c2ccc(OCc3ccnc(NS(C)(=O)=O)n3)s2)cc1C#N.CCCOc1c(Cl)cc(C(C)(C)c2ccc(NCc3ocnc3S(C)(=O)=O)nc2)cc1Cl.CCCOc1c(Cl)cc(C(C)(C)c2cnc(NCc3ocnc3S(C)(=O)=O)nc2)cc1Cl. The number of hydrogen-bond donors (Lipinski definition) is 3. The molecule has 32 heteroatoms. The molecule has 9 rings (SSSR count). The number of halogens is 5. The van der Waals surface area contributed by atoms with Crippen LogP contribution in [0.5, 0.6) is 22.3 Å². The highest BCUT2D eigenvalue weighted by atomic mass is 35.5. The minimum Gasteiger partial charge on any atom is -0.491 e. The highest BCUT2D eigenvalue weighted by Crippen LogP contribution is 2.43. The van der Waals surface area contributed by atoms with Crippen molar-refractivity contribution in [2.45, 2.75) is 116 Å². The molecule has 0 unspecified atom stereocenters. The number of rotatable bonds is 27. The number of anilines is 3. The van der Waals surface area contributed by atoms with Gasteiger partial charge >= 0.3 is 0 Å². The predicted molar refractivity (Wildman–Crippen MR) is 376 cm³/mol. The molecule has 96 heavy (non-hydrogen) atoms. The molecule has 514 valence electrons. The molecule has 3 aromatic carbocycles. The number of ether oxygens (including phenoxy) is 4. The molecule has 0 spiro atoms. The first-order valence-corrected chi connectivity index (χ1v) is 37.4. The summed E-state index contributed by atoms with van der Waals surface area (Å²) in [5.41, 5.74) is 4.38. The van der Waals surface area contributed by atoms with Crippen LogP contribution in [0, 0.1) is 11.3 Å². The third kappa shape index (κ3) is 21.0. The Kier molecular flexibility index (Phi) is 27.5. The number of nitrogens with zero attached hydrogens (tertiary/aromatic N) is 8. The van der Waals surface area contributed by atoms with Gasteiger partial charge in [0.2, 0.25) is 21.9 Å². The van der Waals surface area contributed by atoms with Gasteiger partial charge < -0.3 is 38.4 Å². The van der Waals surface area contributed by atoms with E-state index in [1.54, 1.807) is 42.9 Å². The lowest BCUT2D eigenvalue weighted by atomic mass is 9.79. The summed E-state index contributed by atoms with van der Waals surface area (Å²) < 4.78 is 105. The van der Waals surface area contributed by atoms with Crippen molar-refractivity contribution in [2.24, 2.45) is 0 Å². The molecule has 0 amide bonds. The number of nitriles is 1. The summed E-state index contributed by atoms with van der Waals surface area (Å²) in [5.74, 6) is 2.66. The van der Waals surface area contributed by atoms with E-state index in [0.29, 0.717) is 90.3 Å². The van der Waals surface area contributed by atoms with Crippen molar-refractivity contribution >= 4 is 117 Å². The third-order valence-electron chi connectivity index (χ3n) is 13.8. The van der Waals surface area contributed by atoms with E-state index in [-0.39, 0.29) is 54.6 Å². The fraction of sp³-hybridized carbons (Fsp3) is 0.344. The van der Waals surface area contributed by atoms with Crippen molar-refractivity contribution in [3.8, 4) is 38.8 Å². The Morgan fingerprint density at radius 1 is 0.562 bits per heavy atom. The largest absolute Gasteiger partial charge is 0.491 e. The van der Waals surface area contributed by atoms with Gasteiger partial charge in [0.15, 0.2) is 76.3 Å². The van der Waals surface area contributed by atoms with Crippen molar-refractivity contribution in [1.82, 2.24) is 34.9 Å². The molecule has 0 saturated carbocycles. The number of pyridine rings is 1. The molecule has 23 nitrogen and oxygen atoms in total. The Hall–Kier alpha value is -7.52. The van der Waals surface area contributed by atoms with Crippen LogP contribution in [0.3, 0.4) is 0 Å². The molecule has 0 fully saturated rings. The summed E-state index contributed by atoms with van der Waals surface area (Å²) in [6.07, 6.45) is 14.5. The second kappa shape index (κ2) is 34.1. The highest BCUT2D eigenvalue weighted by molar-refractivity contribution is 7.92. The fourth-order valence-corrected chi connectivity index (χ4v) is 13.0. The minimum absolute atomic E-state index is 0. The number of benzene rings is 3. The summed E-state index contributed by atoms with van der Waals surface area (Å²) in [5, 5.41) is 18.1. The number of hydrogen-bond acceptors (Lipinski definition) is 23. The Morgan fingerprint density at radius 2 is 1.05 bits per heavy atom. The maximum Gasteiger partial charge on any atom is 0.236 e. The second-order valence-corrected chi connectivity index (χ2v) is 30.8. The molecule has 0 atom stereocenters. The Morgan fingerprint density at radius 3 is 1.53 bits per heavy atom. The van der Waals surface area contributed by atoms with Crippen LogP contribution in [0.1, 0.15) is 120 Å². The normalized spacial score (nSPS) is 11.6.